The van der Waals surface area contributed by atoms with Crippen LogP contribution >= 0.6 is 0 Å². The van der Waals surface area contributed by atoms with Crippen LogP contribution in [0.25, 0.3) is 0 Å². The van der Waals surface area contributed by atoms with Crippen LogP contribution in [0.2, 0.25) is 0 Å². The molecule has 22 heavy (non-hydrogen) atoms. The van der Waals surface area contributed by atoms with Gasteiger partial charge in [0.15, 0.2) is 5.96 Å². The molecule has 7 heteroatoms. The molecule has 0 amide bonds. The van der Waals surface area contributed by atoms with Gasteiger partial charge in [-0.05, 0) is 24.6 Å². The van der Waals surface area contributed by atoms with Crippen molar-refractivity contribution >= 4 is 5.96 Å². The maximum Gasteiger partial charge on any atom is 0.213 e. The standard InChI is InChI=1S/C15H22N6O/c1-4-16-15(19-11-13-6-8-20-21(13)2)18-10-12-5-7-17-14(9-12)22-3/h5-9H,4,10-11H2,1-3H3,(H2,16,18,19). The second-order valence-corrected chi connectivity index (χ2v) is 4.70. The van der Waals surface area contributed by atoms with Gasteiger partial charge in [0.05, 0.1) is 25.9 Å². The van der Waals surface area contributed by atoms with Crippen LogP contribution in [0, 0.1) is 0 Å². The summed E-state index contributed by atoms with van der Waals surface area (Å²) in [7, 11) is 3.53. The predicted octanol–water partition coefficient (Wildman–Crippen LogP) is 1.08. The maximum absolute atomic E-state index is 5.12. The molecule has 0 radical (unpaired) electrons. The number of rotatable bonds is 6. The Bertz CT molecular complexity index is 622. The van der Waals surface area contributed by atoms with Gasteiger partial charge in [-0.1, -0.05) is 0 Å². The van der Waals surface area contributed by atoms with E-state index in [4.69, 9.17) is 4.74 Å². The van der Waals surface area contributed by atoms with Gasteiger partial charge in [0, 0.05) is 32.1 Å². The van der Waals surface area contributed by atoms with Gasteiger partial charge in [-0.25, -0.2) is 9.98 Å². The minimum Gasteiger partial charge on any atom is -0.481 e. The quantitative estimate of drug-likeness (QED) is 0.617. The molecule has 0 aliphatic rings. The Balaban J connectivity index is 1.98. The predicted molar refractivity (Wildman–Crippen MR) is 85.7 cm³/mol. The second-order valence-electron chi connectivity index (χ2n) is 4.70. The first-order valence-electron chi connectivity index (χ1n) is 7.21. The lowest BCUT2D eigenvalue weighted by Gasteiger charge is -2.11. The minimum atomic E-state index is 0.555. The van der Waals surface area contributed by atoms with Crippen LogP contribution in [0.5, 0.6) is 5.88 Å². The summed E-state index contributed by atoms with van der Waals surface area (Å²) >= 11 is 0. The van der Waals surface area contributed by atoms with Crippen molar-refractivity contribution in [1.82, 2.24) is 25.4 Å². The molecule has 0 saturated heterocycles. The van der Waals surface area contributed by atoms with Crippen molar-refractivity contribution < 1.29 is 4.74 Å². The monoisotopic (exact) mass is 302 g/mol. The van der Waals surface area contributed by atoms with E-state index >= 15 is 0 Å². The highest BCUT2D eigenvalue weighted by Gasteiger charge is 2.02. The number of methoxy groups -OCH3 is 1. The Hall–Kier alpha value is -2.57. The van der Waals surface area contributed by atoms with Crippen molar-refractivity contribution in [2.75, 3.05) is 13.7 Å². The highest BCUT2D eigenvalue weighted by atomic mass is 16.5. The van der Waals surface area contributed by atoms with E-state index < -0.39 is 0 Å². The fraction of sp³-hybridized carbons (Fsp3) is 0.400. The van der Waals surface area contributed by atoms with Gasteiger partial charge in [0.1, 0.15) is 0 Å². The maximum atomic E-state index is 5.12. The zero-order valence-corrected chi connectivity index (χ0v) is 13.2. The first-order chi connectivity index (χ1) is 10.7. The van der Waals surface area contributed by atoms with E-state index in [0.717, 1.165) is 23.8 Å². The summed E-state index contributed by atoms with van der Waals surface area (Å²) in [5.41, 5.74) is 2.14. The fourth-order valence-electron chi connectivity index (χ4n) is 1.92. The van der Waals surface area contributed by atoms with Crippen molar-refractivity contribution in [2.24, 2.45) is 12.0 Å². The Morgan fingerprint density at radius 2 is 2.18 bits per heavy atom. The Morgan fingerprint density at radius 3 is 2.86 bits per heavy atom. The van der Waals surface area contributed by atoms with Crippen LogP contribution in [0.15, 0.2) is 35.6 Å². The Labute approximate surface area is 130 Å². The molecule has 0 spiro atoms. The third-order valence-corrected chi connectivity index (χ3v) is 3.13. The number of nitrogens with one attached hydrogen (secondary N) is 2. The molecule has 2 rings (SSSR count). The van der Waals surface area contributed by atoms with E-state index in [2.05, 4.69) is 25.7 Å². The van der Waals surface area contributed by atoms with Gasteiger partial charge < -0.3 is 15.4 Å². The van der Waals surface area contributed by atoms with Crippen LogP contribution in [-0.4, -0.2) is 34.4 Å². The molecule has 7 nitrogen and oxygen atoms in total. The summed E-state index contributed by atoms with van der Waals surface area (Å²) in [5.74, 6) is 1.36. The van der Waals surface area contributed by atoms with Crippen molar-refractivity contribution in [2.45, 2.75) is 20.0 Å². The number of hydrogen-bond acceptors (Lipinski definition) is 4. The Morgan fingerprint density at radius 1 is 1.32 bits per heavy atom. The second kappa shape index (κ2) is 8.02. The van der Waals surface area contributed by atoms with Crippen LogP contribution in [0.4, 0.5) is 0 Å². The molecule has 0 bridgehead atoms. The van der Waals surface area contributed by atoms with Gasteiger partial charge in [-0.3, -0.25) is 4.68 Å². The van der Waals surface area contributed by atoms with Crippen LogP contribution in [-0.2, 0) is 20.1 Å². The summed E-state index contributed by atoms with van der Waals surface area (Å²) in [6.45, 7) is 4.06. The first kappa shape index (κ1) is 15.8. The van der Waals surface area contributed by atoms with Crippen LogP contribution in [0.1, 0.15) is 18.2 Å². The lowest BCUT2D eigenvalue weighted by Crippen LogP contribution is -2.37. The third kappa shape index (κ3) is 4.47. The van der Waals surface area contributed by atoms with Gasteiger partial charge in [-0.2, -0.15) is 5.10 Å². The van der Waals surface area contributed by atoms with Crippen molar-refractivity contribution in [3.05, 3.63) is 41.9 Å². The topological polar surface area (TPSA) is 76.4 Å². The number of hydrogen-bond donors (Lipinski definition) is 2. The van der Waals surface area contributed by atoms with Gasteiger partial charge in [-0.15, -0.1) is 0 Å². The van der Waals surface area contributed by atoms with E-state index in [1.807, 2.05) is 36.9 Å². The zero-order valence-electron chi connectivity index (χ0n) is 13.2. The summed E-state index contributed by atoms with van der Waals surface area (Å²) in [5, 5.41) is 10.7. The molecule has 118 valence electrons. The number of aryl methyl sites for hydroxylation is 1. The number of aromatic nitrogens is 3. The minimum absolute atomic E-state index is 0.555. The summed E-state index contributed by atoms with van der Waals surface area (Å²) < 4.78 is 6.96. The molecule has 0 atom stereocenters. The van der Waals surface area contributed by atoms with Crippen LogP contribution in [0.3, 0.4) is 0 Å². The molecule has 0 aromatic carbocycles. The summed E-state index contributed by atoms with van der Waals surface area (Å²) in [4.78, 5) is 8.66. The SMILES string of the molecule is CCNC(=NCc1ccnc(OC)c1)NCc1ccnn1C. The molecular formula is C15H22N6O. The van der Waals surface area contributed by atoms with E-state index in [-0.39, 0.29) is 0 Å². The highest BCUT2D eigenvalue weighted by molar-refractivity contribution is 5.79. The zero-order chi connectivity index (χ0) is 15.8. The number of nitrogens with zero attached hydrogens (tertiary/aromatic N) is 4. The number of aliphatic imine (C=N–C) groups is 1. The number of ether oxygens (including phenoxy) is 1. The van der Waals surface area contributed by atoms with E-state index in [9.17, 15) is 0 Å². The normalized spacial score (nSPS) is 11.3. The van der Waals surface area contributed by atoms with E-state index in [1.165, 1.54) is 0 Å². The number of pyridine rings is 1. The molecular weight excluding hydrogens is 280 g/mol. The average Bonchev–Trinajstić information content (AvgIpc) is 2.95. The molecule has 0 aliphatic carbocycles. The van der Waals surface area contributed by atoms with Crippen molar-refractivity contribution in [1.29, 1.82) is 0 Å². The highest BCUT2D eigenvalue weighted by Crippen LogP contribution is 2.09. The number of guanidine groups is 1. The van der Waals surface area contributed by atoms with Gasteiger partial charge in [0.25, 0.3) is 0 Å². The lowest BCUT2D eigenvalue weighted by molar-refractivity contribution is 0.397. The van der Waals surface area contributed by atoms with Gasteiger partial charge in [0.2, 0.25) is 5.88 Å². The molecule has 2 N–H and O–H groups in total. The van der Waals surface area contributed by atoms with E-state index in [1.54, 1.807) is 19.5 Å². The van der Waals surface area contributed by atoms with Crippen molar-refractivity contribution in [3.8, 4) is 5.88 Å². The molecule has 2 heterocycles. The largest absolute Gasteiger partial charge is 0.481 e. The third-order valence-electron chi connectivity index (χ3n) is 3.13. The van der Waals surface area contributed by atoms with Crippen molar-refractivity contribution in [3.63, 3.8) is 0 Å². The van der Waals surface area contributed by atoms with Crippen LogP contribution < -0.4 is 15.4 Å². The van der Waals surface area contributed by atoms with Gasteiger partial charge >= 0.3 is 0 Å². The first-order valence-corrected chi connectivity index (χ1v) is 7.21. The van der Waals surface area contributed by atoms with E-state index in [0.29, 0.717) is 19.0 Å². The molecule has 0 unspecified atom stereocenters. The molecule has 2 aromatic rings. The molecule has 0 fully saturated rings. The smallest absolute Gasteiger partial charge is 0.213 e. The summed E-state index contributed by atoms with van der Waals surface area (Å²) in [6.07, 6.45) is 3.50. The summed E-state index contributed by atoms with van der Waals surface area (Å²) in [6, 6.07) is 5.79. The Kier molecular flexibility index (Phi) is 5.76. The molecule has 0 aliphatic heterocycles. The fourth-order valence-corrected chi connectivity index (χ4v) is 1.92. The molecule has 2 aromatic heterocycles. The average molecular weight is 302 g/mol. The lowest BCUT2D eigenvalue weighted by atomic mass is 10.3. The molecule has 0 saturated carbocycles.